The van der Waals surface area contributed by atoms with E-state index >= 15 is 0 Å². The van der Waals surface area contributed by atoms with Crippen molar-refractivity contribution in [3.05, 3.63) is 29.6 Å². The van der Waals surface area contributed by atoms with Gasteiger partial charge in [0.1, 0.15) is 17.3 Å². The van der Waals surface area contributed by atoms with E-state index in [0.29, 0.717) is 11.5 Å². The van der Waals surface area contributed by atoms with E-state index in [-0.39, 0.29) is 11.2 Å². The fraction of sp³-hybridized carbons (Fsp3) is 0.417. The van der Waals surface area contributed by atoms with Gasteiger partial charge in [0.25, 0.3) is 0 Å². The standard InChI is InChI=1S/C12H17FN2/c1-8-5-6-10(9(13)7-8)15-11(14)12(2,3)4/h5-7H,1-4H3,(H2,14,15). The van der Waals surface area contributed by atoms with Gasteiger partial charge >= 0.3 is 0 Å². The summed E-state index contributed by atoms with van der Waals surface area (Å²) in [7, 11) is 0. The van der Waals surface area contributed by atoms with Crippen LogP contribution in [0.3, 0.4) is 0 Å². The zero-order valence-electron chi connectivity index (χ0n) is 9.63. The maximum atomic E-state index is 13.4. The number of nitrogens with zero attached hydrogens (tertiary/aromatic N) is 1. The van der Waals surface area contributed by atoms with Gasteiger partial charge in [-0.1, -0.05) is 26.8 Å². The minimum atomic E-state index is -0.331. The molecule has 3 heteroatoms. The van der Waals surface area contributed by atoms with Gasteiger partial charge in [-0.3, -0.25) is 0 Å². The van der Waals surface area contributed by atoms with Crippen LogP contribution >= 0.6 is 0 Å². The minimum absolute atomic E-state index is 0.239. The first kappa shape index (κ1) is 11.7. The lowest BCUT2D eigenvalue weighted by atomic mass is 9.95. The second kappa shape index (κ2) is 4.01. The van der Waals surface area contributed by atoms with Crippen molar-refractivity contribution < 1.29 is 4.39 Å². The molecule has 0 unspecified atom stereocenters. The molecule has 1 aromatic carbocycles. The molecule has 0 bridgehead atoms. The monoisotopic (exact) mass is 208 g/mol. The lowest BCUT2D eigenvalue weighted by Crippen LogP contribution is -2.28. The minimum Gasteiger partial charge on any atom is -0.387 e. The fourth-order valence-electron chi connectivity index (χ4n) is 1.00. The van der Waals surface area contributed by atoms with Crippen molar-refractivity contribution in [3.8, 4) is 0 Å². The number of benzene rings is 1. The second-order valence-corrected chi connectivity index (χ2v) is 4.70. The Balaban J connectivity index is 3.09. The first-order valence-electron chi connectivity index (χ1n) is 4.91. The summed E-state index contributed by atoms with van der Waals surface area (Å²) in [6.45, 7) is 7.66. The highest BCUT2D eigenvalue weighted by molar-refractivity contribution is 5.87. The Morgan fingerprint density at radius 2 is 1.93 bits per heavy atom. The van der Waals surface area contributed by atoms with Gasteiger partial charge in [0.15, 0.2) is 0 Å². The van der Waals surface area contributed by atoms with Crippen LogP contribution in [0.15, 0.2) is 23.2 Å². The van der Waals surface area contributed by atoms with Crippen molar-refractivity contribution in [1.29, 1.82) is 0 Å². The average Bonchev–Trinajstić information content (AvgIpc) is 2.08. The average molecular weight is 208 g/mol. The van der Waals surface area contributed by atoms with Crippen LogP contribution in [0.2, 0.25) is 0 Å². The quantitative estimate of drug-likeness (QED) is 0.558. The maximum Gasteiger partial charge on any atom is 0.149 e. The van der Waals surface area contributed by atoms with E-state index in [4.69, 9.17) is 5.73 Å². The molecule has 2 nitrogen and oxygen atoms in total. The molecule has 0 aromatic heterocycles. The smallest absolute Gasteiger partial charge is 0.149 e. The van der Waals surface area contributed by atoms with E-state index < -0.39 is 0 Å². The molecule has 0 saturated heterocycles. The number of hydrogen-bond acceptors (Lipinski definition) is 1. The van der Waals surface area contributed by atoms with Crippen molar-refractivity contribution in [2.24, 2.45) is 16.1 Å². The molecule has 0 aliphatic rings. The molecular weight excluding hydrogens is 191 g/mol. The van der Waals surface area contributed by atoms with E-state index in [9.17, 15) is 4.39 Å². The van der Waals surface area contributed by atoms with Crippen LogP contribution in [0.25, 0.3) is 0 Å². The largest absolute Gasteiger partial charge is 0.387 e. The van der Waals surface area contributed by atoms with Crippen molar-refractivity contribution in [3.63, 3.8) is 0 Å². The maximum absolute atomic E-state index is 13.4. The summed E-state index contributed by atoms with van der Waals surface area (Å²) in [6.07, 6.45) is 0. The molecule has 2 N–H and O–H groups in total. The van der Waals surface area contributed by atoms with Gasteiger partial charge in [0.2, 0.25) is 0 Å². The van der Waals surface area contributed by atoms with Gasteiger partial charge < -0.3 is 5.73 Å². The summed E-state index contributed by atoms with van der Waals surface area (Å²) in [4.78, 5) is 4.09. The molecular formula is C12H17FN2. The molecule has 0 atom stereocenters. The van der Waals surface area contributed by atoms with Gasteiger partial charge in [-0.2, -0.15) is 0 Å². The summed E-state index contributed by atoms with van der Waals surface area (Å²) in [5.41, 5.74) is 6.71. The van der Waals surface area contributed by atoms with Crippen LogP contribution in [0.5, 0.6) is 0 Å². The molecule has 0 fully saturated rings. The van der Waals surface area contributed by atoms with Crippen LogP contribution < -0.4 is 5.73 Å². The molecule has 0 radical (unpaired) electrons. The van der Waals surface area contributed by atoms with Gasteiger partial charge in [0.05, 0.1) is 0 Å². The van der Waals surface area contributed by atoms with Crippen molar-refractivity contribution >= 4 is 11.5 Å². The molecule has 1 rings (SSSR count). The normalized spacial score (nSPS) is 13.0. The topological polar surface area (TPSA) is 38.4 Å². The summed E-state index contributed by atoms with van der Waals surface area (Å²) < 4.78 is 13.4. The van der Waals surface area contributed by atoms with Crippen LogP contribution in [0.1, 0.15) is 26.3 Å². The lowest BCUT2D eigenvalue weighted by molar-refractivity contribution is 0.583. The second-order valence-electron chi connectivity index (χ2n) is 4.70. The number of aryl methyl sites for hydroxylation is 1. The van der Waals surface area contributed by atoms with Crippen LogP contribution in [0, 0.1) is 18.2 Å². The molecule has 15 heavy (non-hydrogen) atoms. The zero-order chi connectivity index (χ0) is 11.6. The third-order valence-electron chi connectivity index (χ3n) is 2.11. The summed E-state index contributed by atoms with van der Waals surface area (Å²) in [6, 6.07) is 4.91. The van der Waals surface area contributed by atoms with Gasteiger partial charge in [0, 0.05) is 5.41 Å². The Morgan fingerprint density at radius 1 is 1.33 bits per heavy atom. The molecule has 0 spiro atoms. The molecule has 0 heterocycles. The Hall–Kier alpha value is -1.38. The molecule has 1 aromatic rings. The van der Waals surface area contributed by atoms with E-state index in [1.165, 1.54) is 6.07 Å². The zero-order valence-corrected chi connectivity index (χ0v) is 9.63. The van der Waals surface area contributed by atoms with Crippen molar-refractivity contribution in [1.82, 2.24) is 0 Å². The number of rotatable bonds is 1. The predicted octanol–water partition coefficient (Wildman–Crippen LogP) is 3.17. The van der Waals surface area contributed by atoms with Gasteiger partial charge in [-0.25, -0.2) is 9.38 Å². The number of halogens is 1. The summed E-state index contributed by atoms with van der Waals surface area (Å²) in [5.74, 6) is 0.104. The highest BCUT2D eigenvalue weighted by Crippen LogP contribution is 2.22. The highest BCUT2D eigenvalue weighted by Gasteiger charge is 2.16. The Kier molecular flexibility index (Phi) is 3.12. The Labute approximate surface area is 90.0 Å². The molecule has 0 aliphatic carbocycles. The van der Waals surface area contributed by atoms with E-state index in [0.717, 1.165) is 5.56 Å². The molecule has 0 aliphatic heterocycles. The van der Waals surface area contributed by atoms with Crippen LogP contribution in [-0.4, -0.2) is 5.84 Å². The van der Waals surface area contributed by atoms with E-state index in [2.05, 4.69) is 4.99 Å². The summed E-state index contributed by atoms with van der Waals surface area (Å²) in [5, 5.41) is 0. The summed E-state index contributed by atoms with van der Waals surface area (Å²) >= 11 is 0. The lowest BCUT2D eigenvalue weighted by Gasteiger charge is -2.17. The fourth-order valence-corrected chi connectivity index (χ4v) is 1.00. The third kappa shape index (κ3) is 3.05. The van der Waals surface area contributed by atoms with Gasteiger partial charge in [-0.05, 0) is 24.6 Å². The van der Waals surface area contributed by atoms with Gasteiger partial charge in [-0.15, -0.1) is 0 Å². The predicted molar refractivity (Wildman–Crippen MR) is 61.9 cm³/mol. The number of nitrogens with two attached hydrogens (primary N) is 1. The van der Waals surface area contributed by atoms with Crippen LogP contribution in [-0.2, 0) is 0 Å². The Morgan fingerprint density at radius 3 is 2.40 bits per heavy atom. The number of hydrogen-bond donors (Lipinski definition) is 1. The van der Waals surface area contributed by atoms with Crippen molar-refractivity contribution in [2.75, 3.05) is 0 Å². The van der Waals surface area contributed by atoms with E-state index in [1.807, 2.05) is 33.8 Å². The Bertz CT molecular complexity index is 389. The first-order valence-corrected chi connectivity index (χ1v) is 4.91. The van der Waals surface area contributed by atoms with E-state index in [1.54, 1.807) is 6.07 Å². The van der Waals surface area contributed by atoms with Crippen molar-refractivity contribution in [2.45, 2.75) is 27.7 Å². The third-order valence-corrected chi connectivity index (χ3v) is 2.11. The number of aliphatic imine (C=N–C) groups is 1. The SMILES string of the molecule is Cc1ccc(N=C(N)C(C)(C)C)c(F)c1. The molecule has 0 saturated carbocycles. The first-order chi connectivity index (χ1) is 6.80. The van der Waals surface area contributed by atoms with Crippen LogP contribution in [0.4, 0.5) is 10.1 Å². The highest BCUT2D eigenvalue weighted by atomic mass is 19.1. The molecule has 82 valence electrons. The number of amidine groups is 1. The molecule has 0 amide bonds.